The molecular weight excluding hydrogens is 465 g/mol. The maximum absolute atomic E-state index is 11.6. The number of hydrogen-bond acceptors (Lipinski definition) is 4. The van der Waals surface area contributed by atoms with E-state index in [4.69, 9.17) is 0 Å². The molecule has 1 fully saturated rings. The Balaban J connectivity index is 0.00000243. The van der Waals surface area contributed by atoms with Crippen molar-refractivity contribution in [3.8, 4) is 0 Å². The molecule has 0 amide bonds. The van der Waals surface area contributed by atoms with E-state index in [1.165, 1.54) is 5.56 Å². The second kappa shape index (κ2) is 9.36. The Morgan fingerprint density at radius 1 is 1.35 bits per heavy atom. The van der Waals surface area contributed by atoms with Crippen LogP contribution in [-0.2, 0) is 22.9 Å². The molecule has 3 rings (SSSR count). The smallest absolute Gasteiger partial charge is 0.191 e. The Kier molecular flexibility index (Phi) is 7.44. The van der Waals surface area contributed by atoms with Crippen LogP contribution in [0.5, 0.6) is 0 Å². The molecule has 1 atom stereocenters. The van der Waals surface area contributed by atoms with Gasteiger partial charge >= 0.3 is 0 Å². The van der Waals surface area contributed by atoms with Crippen molar-refractivity contribution in [1.29, 1.82) is 0 Å². The second-order valence-electron chi connectivity index (χ2n) is 6.13. The van der Waals surface area contributed by atoms with Crippen molar-refractivity contribution in [3.05, 3.63) is 54.1 Å². The number of halogens is 1. The fraction of sp³-hybridized carbons (Fsp3) is 0.412. The van der Waals surface area contributed by atoms with E-state index in [1.807, 2.05) is 24.4 Å². The predicted octanol–water partition coefficient (Wildman–Crippen LogP) is 1.40. The molecule has 2 aromatic rings. The highest BCUT2D eigenvalue weighted by atomic mass is 127. The van der Waals surface area contributed by atoms with Crippen molar-refractivity contribution in [1.82, 2.24) is 20.2 Å². The molecular formula is C17H24IN5O2S. The van der Waals surface area contributed by atoms with Crippen LogP contribution in [0.3, 0.4) is 0 Å². The number of hydrogen-bond donors (Lipinski definition) is 2. The van der Waals surface area contributed by atoms with Crippen LogP contribution in [0.4, 0.5) is 0 Å². The van der Waals surface area contributed by atoms with Crippen LogP contribution < -0.4 is 10.6 Å². The van der Waals surface area contributed by atoms with Crippen LogP contribution in [0.2, 0.25) is 0 Å². The van der Waals surface area contributed by atoms with E-state index >= 15 is 0 Å². The summed E-state index contributed by atoms with van der Waals surface area (Å²) < 4.78 is 25.2. The first kappa shape index (κ1) is 20.7. The second-order valence-corrected chi connectivity index (χ2v) is 8.36. The van der Waals surface area contributed by atoms with Gasteiger partial charge in [-0.2, -0.15) is 0 Å². The van der Waals surface area contributed by atoms with Gasteiger partial charge in [0.15, 0.2) is 15.8 Å². The molecule has 142 valence electrons. The van der Waals surface area contributed by atoms with Gasteiger partial charge in [-0.15, -0.1) is 24.0 Å². The topological polar surface area (TPSA) is 88.4 Å². The third-order valence-corrected chi connectivity index (χ3v) is 5.98. The van der Waals surface area contributed by atoms with Gasteiger partial charge in [0, 0.05) is 32.0 Å². The van der Waals surface area contributed by atoms with Crippen LogP contribution in [-0.4, -0.2) is 48.5 Å². The lowest BCUT2D eigenvalue weighted by Crippen LogP contribution is -2.43. The largest absolute Gasteiger partial charge is 0.353 e. The normalized spacial score (nSPS) is 19.0. The van der Waals surface area contributed by atoms with Gasteiger partial charge in [-0.1, -0.05) is 30.3 Å². The lowest BCUT2D eigenvalue weighted by Gasteiger charge is -2.16. The monoisotopic (exact) mass is 489 g/mol. The summed E-state index contributed by atoms with van der Waals surface area (Å²) in [5, 5.41) is 6.39. The zero-order chi connectivity index (χ0) is 17.7. The number of aromatic nitrogens is 2. The zero-order valence-electron chi connectivity index (χ0n) is 14.6. The highest BCUT2D eigenvalue weighted by Gasteiger charge is 2.28. The molecule has 1 aliphatic rings. The molecule has 1 aromatic heterocycles. The highest BCUT2D eigenvalue weighted by molar-refractivity contribution is 14.0. The molecule has 1 aromatic carbocycles. The minimum absolute atomic E-state index is 0. The molecule has 0 saturated carbocycles. The summed E-state index contributed by atoms with van der Waals surface area (Å²) >= 11 is 0. The Morgan fingerprint density at radius 2 is 2.12 bits per heavy atom. The zero-order valence-corrected chi connectivity index (χ0v) is 17.8. The first-order valence-electron chi connectivity index (χ1n) is 8.27. The van der Waals surface area contributed by atoms with E-state index in [0.717, 1.165) is 12.4 Å². The summed E-state index contributed by atoms with van der Waals surface area (Å²) in [5.41, 5.74) is 1.21. The lowest BCUT2D eigenvalue weighted by molar-refractivity contribution is 0.599. The van der Waals surface area contributed by atoms with Gasteiger partial charge in [0.05, 0.1) is 18.1 Å². The molecule has 7 nitrogen and oxygen atoms in total. The van der Waals surface area contributed by atoms with Crippen LogP contribution in [0.25, 0.3) is 0 Å². The van der Waals surface area contributed by atoms with E-state index in [-0.39, 0.29) is 41.5 Å². The summed E-state index contributed by atoms with van der Waals surface area (Å²) in [7, 11) is -1.23. The summed E-state index contributed by atoms with van der Waals surface area (Å²) in [6.07, 6.45) is 4.34. The van der Waals surface area contributed by atoms with Crippen LogP contribution in [0, 0.1) is 0 Å². The van der Waals surface area contributed by atoms with E-state index in [9.17, 15) is 8.42 Å². The van der Waals surface area contributed by atoms with Gasteiger partial charge in [0.2, 0.25) is 0 Å². The highest BCUT2D eigenvalue weighted by Crippen LogP contribution is 2.11. The van der Waals surface area contributed by atoms with E-state index < -0.39 is 9.84 Å². The number of sulfone groups is 1. The Labute approximate surface area is 171 Å². The number of imidazole rings is 1. The average Bonchev–Trinajstić information content (AvgIpc) is 3.18. The van der Waals surface area contributed by atoms with Crippen LogP contribution in [0.1, 0.15) is 17.8 Å². The molecule has 2 heterocycles. The molecule has 0 spiro atoms. The molecule has 1 saturated heterocycles. The van der Waals surface area contributed by atoms with Gasteiger partial charge in [-0.25, -0.2) is 13.4 Å². The number of nitrogens with one attached hydrogen (secondary N) is 2. The van der Waals surface area contributed by atoms with Gasteiger partial charge in [0.1, 0.15) is 5.82 Å². The fourth-order valence-electron chi connectivity index (χ4n) is 2.89. The molecule has 0 bridgehead atoms. The lowest BCUT2D eigenvalue weighted by atomic mass is 10.2. The standard InChI is InChI=1S/C17H23N5O2S.HI/c1-18-17(21-15-7-10-25(23,24)13-15)20-11-16-19-8-9-22(16)12-14-5-3-2-4-6-14;/h2-6,8-9,15H,7,10-13H2,1H3,(H2,18,20,21);1H. The predicted molar refractivity (Wildman–Crippen MR) is 114 cm³/mol. The number of nitrogens with zero attached hydrogens (tertiary/aromatic N) is 3. The van der Waals surface area contributed by atoms with Crippen LogP contribution >= 0.6 is 24.0 Å². The molecule has 26 heavy (non-hydrogen) atoms. The van der Waals surface area contributed by atoms with E-state index in [0.29, 0.717) is 18.9 Å². The van der Waals surface area contributed by atoms with E-state index in [1.54, 1.807) is 13.2 Å². The van der Waals surface area contributed by atoms with Crippen molar-refractivity contribution in [2.45, 2.75) is 25.6 Å². The van der Waals surface area contributed by atoms with Crippen molar-refractivity contribution in [2.24, 2.45) is 4.99 Å². The average molecular weight is 489 g/mol. The van der Waals surface area contributed by atoms with Gasteiger partial charge in [-0.05, 0) is 12.0 Å². The Bertz CT molecular complexity index is 836. The third kappa shape index (κ3) is 5.70. The van der Waals surface area contributed by atoms with Gasteiger partial charge < -0.3 is 15.2 Å². The minimum Gasteiger partial charge on any atom is -0.353 e. The first-order chi connectivity index (χ1) is 12.1. The molecule has 9 heteroatoms. The van der Waals surface area contributed by atoms with Gasteiger partial charge in [0.25, 0.3) is 0 Å². The SMILES string of the molecule is CN=C(NCc1nccn1Cc1ccccc1)NC1CCS(=O)(=O)C1.I. The molecule has 0 radical (unpaired) electrons. The number of guanidine groups is 1. The minimum atomic E-state index is -2.91. The van der Waals surface area contributed by atoms with Gasteiger partial charge in [-0.3, -0.25) is 4.99 Å². The fourth-order valence-corrected chi connectivity index (χ4v) is 4.56. The third-order valence-electron chi connectivity index (χ3n) is 4.21. The molecule has 0 aliphatic carbocycles. The van der Waals surface area contributed by atoms with Crippen LogP contribution in [0.15, 0.2) is 47.7 Å². The Morgan fingerprint density at radius 3 is 2.77 bits per heavy atom. The van der Waals surface area contributed by atoms with Crippen molar-refractivity contribution in [3.63, 3.8) is 0 Å². The molecule has 1 unspecified atom stereocenters. The van der Waals surface area contributed by atoms with Crippen molar-refractivity contribution < 1.29 is 8.42 Å². The summed E-state index contributed by atoms with van der Waals surface area (Å²) in [6.45, 7) is 1.27. The van der Waals surface area contributed by atoms with Crippen molar-refractivity contribution in [2.75, 3.05) is 18.6 Å². The summed E-state index contributed by atoms with van der Waals surface area (Å²) in [4.78, 5) is 8.57. The van der Waals surface area contributed by atoms with E-state index in [2.05, 4.69) is 37.3 Å². The summed E-state index contributed by atoms with van der Waals surface area (Å²) in [5.74, 6) is 1.89. The maximum Gasteiger partial charge on any atom is 0.191 e. The molecule has 2 N–H and O–H groups in total. The quantitative estimate of drug-likeness (QED) is 0.377. The number of benzene rings is 1. The molecule has 1 aliphatic heterocycles. The number of aliphatic imine (C=N–C) groups is 1. The first-order valence-corrected chi connectivity index (χ1v) is 10.1. The summed E-state index contributed by atoms with van der Waals surface area (Å²) in [6, 6.07) is 10.1. The Hall–Kier alpha value is -1.62. The number of rotatable bonds is 5. The van der Waals surface area contributed by atoms with Crippen molar-refractivity contribution >= 4 is 39.8 Å². The maximum atomic E-state index is 11.6.